The van der Waals surface area contributed by atoms with Crippen LogP contribution < -0.4 is 5.32 Å². The molecule has 0 heterocycles. The molecule has 0 aliphatic heterocycles. The van der Waals surface area contributed by atoms with Gasteiger partial charge < -0.3 is 10.1 Å². The number of methoxy groups -OCH3 is 1. The summed E-state index contributed by atoms with van der Waals surface area (Å²) >= 11 is 0. The van der Waals surface area contributed by atoms with Crippen LogP contribution in [0.2, 0.25) is 0 Å². The van der Waals surface area contributed by atoms with Crippen molar-refractivity contribution in [1.82, 2.24) is 5.32 Å². The van der Waals surface area contributed by atoms with E-state index in [1.807, 2.05) is 7.11 Å². The molecule has 0 bridgehead atoms. The van der Waals surface area contributed by atoms with Crippen LogP contribution in [0.25, 0.3) is 0 Å². The second-order valence-electron chi connectivity index (χ2n) is 6.02. The number of ether oxygens (including phenoxy) is 1. The Labute approximate surface area is 108 Å². The highest BCUT2D eigenvalue weighted by Gasteiger charge is 2.38. The predicted molar refractivity (Wildman–Crippen MR) is 74.4 cm³/mol. The first kappa shape index (κ1) is 15.0. The van der Waals surface area contributed by atoms with E-state index in [0.717, 1.165) is 12.5 Å². The number of hydrogen-bond donors (Lipinski definition) is 1. The van der Waals surface area contributed by atoms with Crippen LogP contribution in [-0.2, 0) is 4.74 Å². The van der Waals surface area contributed by atoms with E-state index in [-0.39, 0.29) is 5.60 Å². The van der Waals surface area contributed by atoms with E-state index in [4.69, 9.17) is 4.74 Å². The smallest absolute Gasteiger partial charge is 0.0693 e. The third-order valence-electron chi connectivity index (χ3n) is 4.14. The fourth-order valence-corrected chi connectivity index (χ4v) is 2.85. The first-order valence-electron chi connectivity index (χ1n) is 7.40. The second-order valence-corrected chi connectivity index (χ2v) is 6.02. The monoisotopic (exact) mass is 241 g/mol. The lowest BCUT2D eigenvalue weighted by molar-refractivity contribution is -0.0839. The van der Waals surface area contributed by atoms with Crippen LogP contribution in [0.5, 0.6) is 0 Å². The zero-order valence-corrected chi connectivity index (χ0v) is 12.2. The molecule has 1 aliphatic carbocycles. The highest BCUT2D eigenvalue weighted by Crippen LogP contribution is 2.39. The Bertz CT molecular complexity index is 194. The van der Waals surface area contributed by atoms with Gasteiger partial charge in [-0.25, -0.2) is 0 Å². The molecule has 1 aliphatic rings. The summed E-state index contributed by atoms with van der Waals surface area (Å²) in [6.07, 6.45) is 9.06. The molecule has 0 radical (unpaired) electrons. The quantitative estimate of drug-likeness (QED) is 0.664. The molecule has 1 unspecified atom stereocenters. The Balaban J connectivity index is 2.31. The van der Waals surface area contributed by atoms with Gasteiger partial charge in [0, 0.05) is 13.2 Å². The first-order chi connectivity index (χ1) is 8.12. The van der Waals surface area contributed by atoms with Crippen molar-refractivity contribution < 1.29 is 4.74 Å². The lowest BCUT2D eigenvalue weighted by Crippen LogP contribution is -2.45. The standard InChI is InChI=1S/C15H31NO/c1-5-16-14(9-6-8-13(2)3)12-15(17-4)10-7-11-15/h13-14,16H,5-12H2,1-4H3. The van der Waals surface area contributed by atoms with Gasteiger partial charge in [0.2, 0.25) is 0 Å². The molecule has 0 amide bonds. The topological polar surface area (TPSA) is 21.3 Å². The number of nitrogens with one attached hydrogen (secondary N) is 1. The van der Waals surface area contributed by atoms with Crippen molar-refractivity contribution in [3.05, 3.63) is 0 Å². The minimum absolute atomic E-state index is 0.213. The molecular formula is C15H31NO. The fourth-order valence-electron chi connectivity index (χ4n) is 2.85. The van der Waals surface area contributed by atoms with E-state index in [9.17, 15) is 0 Å². The first-order valence-corrected chi connectivity index (χ1v) is 7.40. The summed E-state index contributed by atoms with van der Waals surface area (Å²) < 4.78 is 5.74. The van der Waals surface area contributed by atoms with Gasteiger partial charge in [-0.1, -0.05) is 33.6 Å². The van der Waals surface area contributed by atoms with Crippen molar-refractivity contribution in [1.29, 1.82) is 0 Å². The molecule has 1 saturated carbocycles. The van der Waals surface area contributed by atoms with Gasteiger partial charge in [-0.05, 0) is 44.6 Å². The molecule has 0 aromatic rings. The fraction of sp³-hybridized carbons (Fsp3) is 1.00. The normalized spacial score (nSPS) is 20.3. The molecule has 0 spiro atoms. The van der Waals surface area contributed by atoms with E-state index < -0.39 is 0 Å². The van der Waals surface area contributed by atoms with E-state index in [0.29, 0.717) is 6.04 Å². The van der Waals surface area contributed by atoms with E-state index in [1.165, 1.54) is 44.9 Å². The molecule has 0 saturated heterocycles. The number of rotatable bonds is 9. The van der Waals surface area contributed by atoms with Crippen molar-refractivity contribution in [3.8, 4) is 0 Å². The molecule has 0 aromatic heterocycles. The van der Waals surface area contributed by atoms with Gasteiger partial charge in [-0.15, -0.1) is 0 Å². The Kier molecular flexibility index (Phi) is 6.50. The van der Waals surface area contributed by atoms with Gasteiger partial charge in [-0.3, -0.25) is 0 Å². The second kappa shape index (κ2) is 7.38. The SMILES string of the molecule is CCNC(CCCC(C)C)CC1(OC)CCC1. The van der Waals surface area contributed by atoms with Gasteiger partial charge in [-0.2, -0.15) is 0 Å². The van der Waals surface area contributed by atoms with Crippen LogP contribution in [0.3, 0.4) is 0 Å². The van der Waals surface area contributed by atoms with Gasteiger partial charge in [0.25, 0.3) is 0 Å². The summed E-state index contributed by atoms with van der Waals surface area (Å²) in [4.78, 5) is 0. The zero-order valence-electron chi connectivity index (χ0n) is 12.2. The molecular weight excluding hydrogens is 210 g/mol. The van der Waals surface area contributed by atoms with Crippen molar-refractivity contribution in [3.63, 3.8) is 0 Å². The third-order valence-corrected chi connectivity index (χ3v) is 4.14. The van der Waals surface area contributed by atoms with E-state index in [1.54, 1.807) is 0 Å². The molecule has 2 heteroatoms. The maximum absolute atomic E-state index is 5.74. The largest absolute Gasteiger partial charge is 0.378 e. The highest BCUT2D eigenvalue weighted by molar-refractivity contribution is 4.93. The lowest BCUT2D eigenvalue weighted by atomic mass is 9.75. The molecule has 1 atom stereocenters. The average molecular weight is 241 g/mol. The van der Waals surface area contributed by atoms with Crippen LogP contribution in [0.15, 0.2) is 0 Å². The van der Waals surface area contributed by atoms with Crippen LogP contribution in [-0.4, -0.2) is 25.3 Å². The summed E-state index contributed by atoms with van der Waals surface area (Å²) in [6.45, 7) is 7.90. The predicted octanol–water partition coefficient (Wildman–Crippen LogP) is 3.75. The molecule has 1 N–H and O–H groups in total. The van der Waals surface area contributed by atoms with E-state index in [2.05, 4.69) is 26.1 Å². The summed E-state index contributed by atoms with van der Waals surface area (Å²) in [5.74, 6) is 0.831. The zero-order chi connectivity index (χ0) is 12.7. The van der Waals surface area contributed by atoms with Crippen LogP contribution >= 0.6 is 0 Å². The van der Waals surface area contributed by atoms with E-state index >= 15 is 0 Å². The summed E-state index contributed by atoms with van der Waals surface area (Å²) in [5, 5.41) is 3.63. The molecule has 1 rings (SSSR count). The van der Waals surface area contributed by atoms with Crippen LogP contribution in [0, 0.1) is 5.92 Å². The Morgan fingerprint density at radius 2 is 1.94 bits per heavy atom. The minimum atomic E-state index is 0.213. The van der Waals surface area contributed by atoms with Crippen molar-refractivity contribution in [2.24, 2.45) is 5.92 Å². The summed E-state index contributed by atoms with van der Waals surface area (Å²) in [7, 11) is 1.89. The third kappa shape index (κ3) is 4.97. The molecule has 1 fully saturated rings. The highest BCUT2D eigenvalue weighted by atomic mass is 16.5. The maximum Gasteiger partial charge on any atom is 0.0693 e. The average Bonchev–Trinajstić information content (AvgIpc) is 2.23. The van der Waals surface area contributed by atoms with Crippen molar-refractivity contribution in [2.45, 2.75) is 77.4 Å². The lowest BCUT2D eigenvalue weighted by Gasteiger charge is -2.43. The van der Waals surface area contributed by atoms with Crippen LogP contribution in [0.1, 0.15) is 65.7 Å². The minimum Gasteiger partial charge on any atom is -0.378 e. The Morgan fingerprint density at radius 1 is 1.24 bits per heavy atom. The molecule has 2 nitrogen and oxygen atoms in total. The van der Waals surface area contributed by atoms with Gasteiger partial charge in [0.15, 0.2) is 0 Å². The van der Waals surface area contributed by atoms with Gasteiger partial charge >= 0.3 is 0 Å². The maximum atomic E-state index is 5.74. The van der Waals surface area contributed by atoms with Gasteiger partial charge in [0.1, 0.15) is 0 Å². The van der Waals surface area contributed by atoms with Gasteiger partial charge in [0.05, 0.1) is 5.60 Å². The Morgan fingerprint density at radius 3 is 2.35 bits per heavy atom. The molecule has 17 heavy (non-hydrogen) atoms. The van der Waals surface area contributed by atoms with Crippen molar-refractivity contribution in [2.75, 3.05) is 13.7 Å². The molecule has 102 valence electrons. The summed E-state index contributed by atoms with van der Waals surface area (Å²) in [5.41, 5.74) is 0.213. The van der Waals surface area contributed by atoms with Crippen molar-refractivity contribution >= 4 is 0 Å². The van der Waals surface area contributed by atoms with Crippen LogP contribution in [0.4, 0.5) is 0 Å². The number of hydrogen-bond acceptors (Lipinski definition) is 2. The summed E-state index contributed by atoms with van der Waals surface area (Å²) in [6, 6.07) is 0.652. The molecule has 0 aromatic carbocycles. The Hall–Kier alpha value is -0.0800.